The standard InChI is InChI=1S/C14H16N2O4S2/c1-10(21-9-12-5-3-7-20-12)14(17)16-11-4-2-6-13(8-11)22(15,18)19/h2-8,10H,9H2,1H3,(H,16,17)(H2,15,18,19). The molecule has 0 saturated heterocycles. The number of hydrogen-bond acceptors (Lipinski definition) is 5. The Morgan fingerprint density at radius 1 is 1.36 bits per heavy atom. The Hall–Kier alpha value is -1.77. The van der Waals surface area contributed by atoms with Gasteiger partial charge in [-0.2, -0.15) is 0 Å². The molecule has 0 aliphatic rings. The van der Waals surface area contributed by atoms with Crippen LogP contribution in [0.3, 0.4) is 0 Å². The van der Waals surface area contributed by atoms with Crippen LogP contribution >= 0.6 is 11.8 Å². The number of rotatable bonds is 6. The molecule has 6 nitrogen and oxygen atoms in total. The zero-order valence-corrected chi connectivity index (χ0v) is 13.5. The highest BCUT2D eigenvalue weighted by atomic mass is 32.2. The van der Waals surface area contributed by atoms with Crippen molar-refractivity contribution in [2.75, 3.05) is 5.32 Å². The first-order chi connectivity index (χ1) is 10.4. The van der Waals surface area contributed by atoms with E-state index in [1.165, 1.54) is 30.0 Å². The van der Waals surface area contributed by atoms with Crippen molar-refractivity contribution >= 4 is 33.4 Å². The molecule has 0 spiro atoms. The Morgan fingerprint density at radius 2 is 2.14 bits per heavy atom. The molecule has 2 rings (SSSR count). The molecule has 1 aromatic carbocycles. The number of primary sulfonamides is 1. The van der Waals surface area contributed by atoms with Crippen molar-refractivity contribution in [3.05, 3.63) is 48.4 Å². The zero-order valence-electron chi connectivity index (χ0n) is 11.9. The van der Waals surface area contributed by atoms with Crippen LogP contribution in [0.5, 0.6) is 0 Å². The van der Waals surface area contributed by atoms with Gasteiger partial charge in [0.15, 0.2) is 0 Å². The van der Waals surface area contributed by atoms with E-state index >= 15 is 0 Å². The smallest absolute Gasteiger partial charge is 0.238 e. The van der Waals surface area contributed by atoms with E-state index in [2.05, 4.69) is 5.32 Å². The predicted molar refractivity (Wildman–Crippen MR) is 85.9 cm³/mol. The summed E-state index contributed by atoms with van der Waals surface area (Å²) in [5.41, 5.74) is 0.391. The summed E-state index contributed by atoms with van der Waals surface area (Å²) in [4.78, 5) is 12.0. The van der Waals surface area contributed by atoms with Crippen LogP contribution in [0.15, 0.2) is 52.0 Å². The third-order valence-corrected chi connectivity index (χ3v) is 4.93. The van der Waals surface area contributed by atoms with Gasteiger partial charge >= 0.3 is 0 Å². The van der Waals surface area contributed by atoms with Crippen molar-refractivity contribution in [2.45, 2.75) is 22.8 Å². The normalized spacial score (nSPS) is 12.8. The summed E-state index contributed by atoms with van der Waals surface area (Å²) in [5, 5.41) is 7.42. The first-order valence-electron chi connectivity index (χ1n) is 6.44. The maximum atomic E-state index is 12.1. The SMILES string of the molecule is CC(SCc1ccco1)C(=O)Nc1cccc(S(N)(=O)=O)c1. The number of amides is 1. The lowest BCUT2D eigenvalue weighted by molar-refractivity contribution is -0.115. The summed E-state index contributed by atoms with van der Waals surface area (Å²) < 4.78 is 27.8. The molecule has 1 unspecified atom stereocenters. The molecular weight excluding hydrogens is 324 g/mol. The molecule has 0 aliphatic carbocycles. The van der Waals surface area contributed by atoms with Crippen molar-refractivity contribution in [2.24, 2.45) is 5.14 Å². The number of carbonyl (C=O) groups is 1. The van der Waals surface area contributed by atoms with Gasteiger partial charge in [-0.1, -0.05) is 6.07 Å². The Balaban J connectivity index is 1.96. The number of nitrogens with one attached hydrogen (secondary N) is 1. The number of anilines is 1. The molecule has 1 aromatic heterocycles. The van der Waals surface area contributed by atoms with Crippen LogP contribution in [-0.4, -0.2) is 19.6 Å². The fraction of sp³-hybridized carbons (Fsp3) is 0.214. The lowest BCUT2D eigenvalue weighted by Crippen LogP contribution is -2.23. The van der Waals surface area contributed by atoms with Gasteiger partial charge in [-0.15, -0.1) is 11.8 Å². The van der Waals surface area contributed by atoms with Crippen LogP contribution in [0.4, 0.5) is 5.69 Å². The van der Waals surface area contributed by atoms with Gasteiger partial charge in [-0.05, 0) is 37.3 Å². The average molecular weight is 340 g/mol. The summed E-state index contributed by atoms with van der Waals surface area (Å²) in [6.45, 7) is 1.77. The summed E-state index contributed by atoms with van der Waals surface area (Å²) in [5.74, 6) is 1.16. The van der Waals surface area contributed by atoms with Gasteiger partial charge in [0.25, 0.3) is 0 Å². The zero-order chi connectivity index (χ0) is 16.2. The van der Waals surface area contributed by atoms with E-state index < -0.39 is 10.0 Å². The molecule has 118 valence electrons. The third kappa shape index (κ3) is 4.62. The molecule has 8 heteroatoms. The molecule has 2 aromatic rings. The number of hydrogen-bond donors (Lipinski definition) is 2. The average Bonchev–Trinajstić information content (AvgIpc) is 2.97. The monoisotopic (exact) mass is 340 g/mol. The maximum absolute atomic E-state index is 12.1. The lowest BCUT2D eigenvalue weighted by Gasteiger charge is -2.12. The van der Waals surface area contributed by atoms with Crippen molar-refractivity contribution in [1.82, 2.24) is 0 Å². The molecule has 0 bridgehead atoms. The number of benzene rings is 1. The van der Waals surface area contributed by atoms with Gasteiger partial charge in [0, 0.05) is 5.69 Å². The van der Waals surface area contributed by atoms with E-state index in [0.717, 1.165) is 5.76 Å². The molecule has 0 fully saturated rings. The quantitative estimate of drug-likeness (QED) is 0.839. The highest BCUT2D eigenvalue weighted by Gasteiger charge is 2.15. The Morgan fingerprint density at radius 3 is 2.77 bits per heavy atom. The number of sulfonamides is 1. The summed E-state index contributed by atoms with van der Waals surface area (Å²) >= 11 is 1.42. The second-order valence-corrected chi connectivity index (χ2v) is 7.49. The number of nitrogens with two attached hydrogens (primary N) is 1. The molecule has 1 heterocycles. The Labute approximate surface area is 133 Å². The minimum Gasteiger partial charge on any atom is -0.468 e. The summed E-state index contributed by atoms with van der Waals surface area (Å²) in [6.07, 6.45) is 1.58. The van der Waals surface area contributed by atoms with E-state index in [4.69, 9.17) is 9.56 Å². The summed E-state index contributed by atoms with van der Waals surface area (Å²) in [7, 11) is -3.79. The van der Waals surface area contributed by atoms with Gasteiger partial charge < -0.3 is 9.73 Å². The molecule has 0 saturated carbocycles. The third-order valence-electron chi connectivity index (χ3n) is 2.86. The van der Waals surface area contributed by atoms with Crippen LogP contribution in [0.25, 0.3) is 0 Å². The first kappa shape index (κ1) is 16.6. The van der Waals surface area contributed by atoms with Crippen molar-refractivity contribution in [1.29, 1.82) is 0 Å². The number of carbonyl (C=O) groups excluding carboxylic acids is 1. The fourth-order valence-corrected chi connectivity index (χ4v) is 3.02. The van der Waals surface area contributed by atoms with E-state index in [1.807, 2.05) is 6.07 Å². The van der Waals surface area contributed by atoms with Crippen LogP contribution in [-0.2, 0) is 20.6 Å². The second-order valence-electron chi connectivity index (χ2n) is 4.59. The van der Waals surface area contributed by atoms with Gasteiger partial charge in [0.1, 0.15) is 5.76 Å². The van der Waals surface area contributed by atoms with Crippen LogP contribution in [0.1, 0.15) is 12.7 Å². The largest absolute Gasteiger partial charge is 0.468 e. The topological polar surface area (TPSA) is 102 Å². The number of furan rings is 1. The fourth-order valence-electron chi connectivity index (χ4n) is 1.67. The molecule has 0 aliphatic heterocycles. The predicted octanol–water partition coefficient (Wildman–Crippen LogP) is 2.19. The Bertz CT molecular complexity index is 742. The molecule has 0 radical (unpaired) electrons. The summed E-state index contributed by atoms with van der Waals surface area (Å²) in [6, 6.07) is 9.47. The van der Waals surface area contributed by atoms with Crippen LogP contribution in [0.2, 0.25) is 0 Å². The van der Waals surface area contributed by atoms with Crippen molar-refractivity contribution in [3.8, 4) is 0 Å². The molecule has 1 amide bonds. The molecule has 3 N–H and O–H groups in total. The molecular formula is C14H16N2O4S2. The van der Waals surface area contributed by atoms with Gasteiger partial charge in [0.05, 0.1) is 22.2 Å². The van der Waals surface area contributed by atoms with Gasteiger partial charge in [0.2, 0.25) is 15.9 Å². The van der Waals surface area contributed by atoms with Crippen molar-refractivity contribution < 1.29 is 17.6 Å². The van der Waals surface area contributed by atoms with Gasteiger partial charge in [-0.25, -0.2) is 13.6 Å². The highest BCUT2D eigenvalue weighted by molar-refractivity contribution is 7.99. The maximum Gasteiger partial charge on any atom is 0.238 e. The minimum absolute atomic E-state index is 0.0406. The van der Waals surface area contributed by atoms with E-state index in [1.54, 1.807) is 25.3 Å². The highest BCUT2D eigenvalue weighted by Crippen LogP contribution is 2.20. The molecule has 1 atom stereocenters. The first-order valence-corrected chi connectivity index (χ1v) is 9.03. The van der Waals surface area contributed by atoms with Gasteiger partial charge in [-0.3, -0.25) is 4.79 Å². The van der Waals surface area contributed by atoms with E-state index in [9.17, 15) is 13.2 Å². The van der Waals surface area contributed by atoms with E-state index in [-0.39, 0.29) is 16.1 Å². The van der Waals surface area contributed by atoms with Crippen LogP contribution in [0, 0.1) is 0 Å². The van der Waals surface area contributed by atoms with E-state index in [0.29, 0.717) is 11.4 Å². The number of thioether (sulfide) groups is 1. The lowest BCUT2D eigenvalue weighted by atomic mass is 10.3. The Kier molecular flexibility index (Phi) is 5.28. The minimum atomic E-state index is -3.79. The van der Waals surface area contributed by atoms with Crippen molar-refractivity contribution in [3.63, 3.8) is 0 Å². The second kappa shape index (κ2) is 6.99. The van der Waals surface area contributed by atoms with Crippen LogP contribution < -0.4 is 10.5 Å². The molecule has 22 heavy (non-hydrogen) atoms.